The minimum absolute atomic E-state index is 0.332. The molecule has 0 unspecified atom stereocenters. The van der Waals surface area contributed by atoms with Gasteiger partial charge in [-0.15, -0.1) is 0 Å². The Bertz CT molecular complexity index is 1060. The predicted octanol–water partition coefficient (Wildman–Crippen LogP) is -6.58. The second kappa shape index (κ2) is 115. The highest BCUT2D eigenvalue weighted by Gasteiger charge is 2.01. The Morgan fingerprint density at radius 3 is 0.436 bits per heavy atom. The minimum Gasteiger partial charge on any atom is -0.481 e. The molecule has 0 aromatic heterocycles. The van der Waals surface area contributed by atoms with Crippen molar-refractivity contribution in [2.45, 2.75) is 229 Å². The summed E-state index contributed by atoms with van der Waals surface area (Å²) in [6.45, 7) is -2.80. The number of allylic oxidation sites excluding steroid dienone is 2. The summed E-state index contributed by atoms with van der Waals surface area (Å²) in [4.78, 5) is 20.5. The summed E-state index contributed by atoms with van der Waals surface area (Å²) in [6, 6.07) is 0. The number of aliphatic hydroxyl groups is 30. The number of carboxylic acids is 2. The molecular formula is C60H138O34. The second-order valence-corrected chi connectivity index (χ2v) is 19.9. The highest BCUT2D eigenvalue weighted by atomic mass is 16.4. The third-order valence-corrected chi connectivity index (χ3v) is 10.4. The van der Waals surface area contributed by atoms with Gasteiger partial charge in [0.1, 0.15) is 61.0 Å². The van der Waals surface area contributed by atoms with E-state index in [1.54, 1.807) is 0 Å². The average Bonchev–Trinajstić information content (AvgIpc) is 3.62. The topological polar surface area (TPSA) is 682 Å². The second-order valence-electron chi connectivity index (χ2n) is 19.9. The summed E-state index contributed by atoms with van der Waals surface area (Å²) in [6.07, 6.45) is 23.2. The van der Waals surface area contributed by atoms with Gasteiger partial charge in [0.2, 0.25) is 0 Å². The molecule has 0 aromatic carbocycles. The fourth-order valence-electron chi connectivity index (χ4n) is 4.51. The van der Waals surface area contributed by atoms with Crippen molar-refractivity contribution >= 4 is 11.9 Å². The zero-order valence-electron chi connectivity index (χ0n) is 56.2. The standard InChI is InChI=1S/C18H34O2.C12H24O2.10C3H8O3/c1-2-3-4-5-6-7-8-9-10-11-12-13-14-15-16-17-18(19)20;1-2-3-4-5-6-7-8-9-10-11-12(13)14;10*4-1-3(6)2-5/h9-10H,2-8,11-17H2,1H3,(H,19,20);2-11H2,1H3,(H,13,14);10*3-6H,1-2H2. The van der Waals surface area contributed by atoms with Crippen LogP contribution in [0.25, 0.3) is 0 Å². The van der Waals surface area contributed by atoms with Crippen molar-refractivity contribution in [1.82, 2.24) is 0 Å². The molecule has 32 N–H and O–H groups in total. The molecule has 0 aliphatic heterocycles. The predicted molar refractivity (Wildman–Crippen MR) is 348 cm³/mol. The Kier molecular flexibility index (Phi) is 145. The molecule has 0 saturated heterocycles. The lowest BCUT2D eigenvalue weighted by Crippen LogP contribution is -2.15. The summed E-state index contributed by atoms with van der Waals surface area (Å²) in [5, 5.41) is 257. The van der Waals surface area contributed by atoms with Crippen molar-refractivity contribution in [3.63, 3.8) is 0 Å². The Labute approximate surface area is 556 Å². The van der Waals surface area contributed by atoms with Gasteiger partial charge in [0, 0.05) is 12.8 Å². The van der Waals surface area contributed by atoms with Gasteiger partial charge in [0.25, 0.3) is 0 Å². The van der Waals surface area contributed by atoms with Gasteiger partial charge in [-0.1, -0.05) is 129 Å². The summed E-state index contributed by atoms with van der Waals surface area (Å²) >= 11 is 0. The van der Waals surface area contributed by atoms with Crippen LogP contribution in [0.2, 0.25) is 0 Å². The van der Waals surface area contributed by atoms with E-state index in [0.717, 1.165) is 25.7 Å². The van der Waals surface area contributed by atoms with Crippen LogP contribution in [0.3, 0.4) is 0 Å². The van der Waals surface area contributed by atoms with Crippen LogP contribution in [-0.4, -0.2) is 369 Å². The molecule has 0 radical (unpaired) electrons. The first-order valence-electron chi connectivity index (χ1n) is 31.7. The van der Waals surface area contributed by atoms with E-state index in [-0.39, 0.29) is 132 Å². The maximum absolute atomic E-state index is 10.3. The summed E-state index contributed by atoms with van der Waals surface area (Å²) in [5.74, 6) is -1.32. The van der Waals surface area contributed by atoms with Crippen molar-refractivity contribution in [2.24, 2.45) is 0 Å². The third-order valence-electron chi connectivity index (χ3n) is 10.4. The number of aliphatic carboxylic acids is 2. The number of carbonyl (C=O) groups is 2. The number of unbranched alkanes of at least 4 members (excludes halogenated alkanes) is 19. The van der Waals surface area contributed by atoms with E-state index in [1.165, 1.54) is 116 Å². The SMILES string of the molecule is CCCCCCCCC=CCCCCCCCC(=O)O.CCCCCCCCCCCC(=O)O.OCC(O)CO.OCC(O)CO.OCC(O)CO.OCC(O)CO.OCC(O)CO.OCC(O)CO.OCC(O)CO.OCC(O)CO.OCC(O)CO.OCC(O)CO. The van der Waals surface area contributed by atoms with E-state index in [2.05, 4.69) is 26.0 Å². The third kappa shape index (κ3) is 163. The fourth-order valence-corrected chi connectivity index (χ4v) is 4.51. The molecule has 582 valence electrons. The van der Waals surface area contributed by atoms with Gasteiger partial charge >= 0.3 is 11.9 Å². The fraction of sp³-hybridized carbons (Fsp3) is 0.933. The molecule has 0 aliphatic rings. The Balaban J connectivity index is -0.0000000810. The van der Waals surface area contributed by atoms with Gasteiger partial charge < -0.3 is 163 Å². The number of carboxylic acid groups (broad SMARTS) is 2. The van der Waals surface area contributed by atoms with Gasteiger partial charge in [0.05, 0.1) is 132 Å². The molecule has 0 spiro atoms. The first kappa shape index (κ1) is 119. The Hall–Kier alpha value is -2.52. The van der Waals surface area contributed by atoms with Crippen LogP contribution in [0.15, 0.2) is 12.2 Å². The lowest BCUT2D eigenvalue weighted by Gasteiger charge is -2.00. The van der Waals surface area contributed by atoms with Crippen molar-refractivity contribution in [3.05, 3.63) is 12.2 Å². The van der Waals surface area contributed by atoms with Gasteiger partial charge in [-0.3, -0.25) is 9.59 Å². The van der Waals surface area contributed by atoms with Crippen molar-refractivity contribution in [2.75, 3.05) is 132 Å². The lowest BCUT2D eigenvalue weighted by molar-refractivity contribution is -0.138. The van der Waals surface area contributed by atoms with Gasteiger partial charge in [0.15, 0.2) is 0 Å². The molecule has 34 heteroatoms. The van der Waals surface area contributed by atoms with Crippen LogP contribution in [-0.2, 0) is 9.59 Å². The van der Waals surface area contributed by atoms with Crippen LogP contribution in [0, 0.1) is 0 Å². The highest BCUT2D eigenvalue weighted by Crippen LogP contribution is 2.11. The van der Waals surface area contributed by atoms with Crippen molar-refractivity contribution in [3.8, 4) is 0 Å². The van der Waals surface area contributed by atoms with Crippen LogP contribution in [0.4, 0.5) is 0 Å². The van der Waals surface area contributed by atoms with E-state index in [4.69, 9.17) is 163 Å². The van der Waals surface area contributed by atoms with E-state index in [0.29, 0.717) is 12.8 Å². The molecule has 0 saturated carbocycles. The van der Waals surface area contributed by atoms with E-state index < -0.39 is 73.0 Å². The molecule has 0 bridgehead atoms. The molecule has 0 atom stereocenters. The smallest absolute Gasteiger partial charge is 0.303 e. The molecule has 0 rings (SSSR count). The van der Waals surface area contributed by atoms with Crippen molar-refractivity contribution in [1.29, 1.82) is 0 Å². The first-order chi connectivity index (χ1) is 44.6. The largest absolute Gasteiger partial charge is 0.481 e. The minimum atomic E-state index is -0.954. The van der Waals surface area contributed by atoms with E-state index in [9.17, 15) is 9.59 Å². The lowest BCUT2D eigenvalue weighted by atomic mass is 10.1. The molecule has 0 aromatic rings. The summed E-state index contributed by atoms with van der Waals surface area (Å²) in [5.41, 5.74) is 0. The Morgan fingerprint density at radius 2 is 0.330 bits per heavy atom. The van der Waals surface area contributed by atoms with Crippen molar-refractivity contribution < 1.29 is 173 Å². The maximum Gasteiger partial charge on any atom is 0.303 e. The van der Waals surface area contributed by atoms with Crippen LogP contribution in [0.5, 0.6) is 0 Å². The normalized spacial score (nSPS) is 10.3. The first-order valence-corrected chi connectivity index (χ1v) is 31.7. The van der Waals surface area contributed by atoms with E-state index in [1.807, 2.05) is 0 Å². The van der Waals surface area contributed by atoms with Gasteiger partial charge in [-0.25, -0.2) is 0 Å². The number of hydrogen-bond acceptors (Lipinski definition) is 32. The quantitative estimate of drug-likeness (QED) is 0.0199. The monoisotopic (exact) mass is 1400 g/mol. The molecular weight excluding hydrogens is 1260 g/mol. The molecule has 94 heavy (non-hydrogen) atoms. The van der Waals surface area contributed by atoms with Crippen LogP contribution < -0.4 is 0 Å². The molecule has 0 aliphatic carbocycles. The summed E-state index contributed by atoms with van der Waals surface area (Å²) < 4.78 is 0. The molecule has 0 heterocycles. The number of rotatable bonds is 45. The summed E-state index contributed by atoms with van der Waals surface area (Å²) in [7, 11) is 0. The van der Waals surface area contributed by atoms with Crippen LogP contribution in [0.1, 0.15) is 168 Å². The van der Waals surface area contributed by atoms with Gasteiger partial charge in [-0.2, -0.15) is 0 Å². The zero-order valence-corrected chi connectivity index (χ0v) is 56.2. The highest BCUT2D eigenvalue weighted by molar-refractivity contribution is 5.66. The molecule has 34 nitrogen and oxygen atoms in total. The zero-order chi connectivity index (χ0) is 75.5. The van der Waals surface area contributed by atoms with Crippen LogP contribution >= 0.6 is 0 Å². The van der Waals surface area contributed by atoms with E-state index >= 15 is 0 Å². The maximum atomic E-state index is 10.3. The molecule has 0 amide bonds. The Morgan fingerprint density at radius 1 is 0.213 bits per heavy atom. The number of aliphatic hydroxyl groups excluding tert-OH is 30. The molecule has 0 fully saturated rings. The average molecular weight is 1400 g/mol. The number of hydrogen-bond donors (Lipinski definition) is 32. The van der Waals surface area contributed by atoms with Gasteiger partial charge in [-0.05, 0) is 38.5 Å².